The van der Waals surface area contributed by atoms with Crippen LogP contribution in [0.25, 0.3) is 0 Å². The second-order valence-electron chi connectivity index (χ2n) is 3.74. The van der Waals surface area contributed by atoms with Crippen LogP contribution in [0.3, 0.4) is 0 Å². The molecule has 0 saturated heterocycles. The summed E-state index contributed by atoms with van der Waals surface area (Å²) >= 11 is 2.47. The first-order valence-electron chi connectivity index (χ1n) is 5.15. The van der Waals surface area contributed by atoms with E-state index in [0.717, 1.165) is 29.7 Å². The molecule has 13 heavy (non-hydrogen) atoms. The molecule has 0 bridgehead atoms. The average Bonchev–Trinajstić information content (AvgIpc) is 2.86. The number of amides is 1. The lowest BCUT2D eigenvalue weighted by atomic mass is 10.2. The van der Waals surface area contributed by atoms with Gasteiger partial charge in [-0.25, -0.2) is 0 Å². The lowest BCUT2D eigenvalue weighted by Crippen LogP contribution is -2.27. The van der Waals surface area contributed by atoms with Crippen molar-refractivity contribution in [1.82, 2.24) is 5.32 Å². The first-order valence-corrected chi connectivity index (χ1v) is 6.40. The van der Waals surface area contributed by atoms with Crippen LogP contribution < -0.4 is 5.32 Å². The fraction of sp³-hybridized carbons (Fsp3) is 0.900. The lowest BCUT2D eigenvalue weighted by molar-refractivity contribution is -0.122. The molecule has 0 unspecified atom stereocenters. The van der Waals surface area contributed by atoms with Crippen molar-refractivity contribution in [2.24, 2.45) is 5.92 Å². The quantitative estimate of drug-likeness (QED) is 0.592. The van der Waals surface area contributed by atoms with Crippen LogP contribution in [0, 0.1) is 5.92 Å². The maximum absolute atomic E-state index is 11.2. The number of nitrogens with one attached hydrogen (secondary N) is 1. The minimum Gasteiger partial charge on any atom is -0.356 e. The highest BCUT2D eigenvalue weighted by atomic mass is 127. The number of alkyl halides is 1. The summed E-state index contributed by atoms with van der Waals surface area (Å²) in [6.07, 6.45) is 5.83. The van der Waals surface area contributed by atoms with E-state index in [2.05, 4.69) is 34.8 Å². The molecule has 1 fully saturated rings. The van der Waals surface area contributed by atoms with Crippen molar-refractivity contribution in [3.05, 3.63) is 0 Å². The Morgan fingerprint density at radius 3 is 2.77 bits per heavy atom. The highest BCUT2D eigenvalue weighted by molar-refractivity contribution is 14.1. The molecule has 3 heteroatoms. The lowest BCUT2D eigenvalue weighted by Gasteiger charge is -2.08. The Balaban J connectivity index is 1.96. The molecule has 0 spiro atoms. The third-order valence-electron chi connectivity index (χ3n) is 2.31. The Morgan fingerprint density at radius 2 is 2.23 bits per heavy atom. The molecule has 0 aromatic carbocycles. The van der Waals surface area contributed by atoms with Crippen molar-refractivity contribution in [2.45, 2.75) is 43.0 Å². The monoisotopic (exact) mass is 295 g/mol. The van der Waals surface area contributed by atoms with Gasteiger partial charge in [0.25, 0.3) is 0 Å². The molecule has 1 saturated carbocycles. The molecule has 1 atom stereocenters. The molecule has 0 aromatic heterocycles. The maximum Gasteiger partial charge on any atom is 0.223 e. The molecule has 1 N–H and O–H groups in total. The molecule has 76 valence electrons. The van der Waals surface area contributed by atoms with Crippen molar-refractivity contribution in [3.8, 4) is 0 Å². The minimum absolute atomic E-state index is 0.278. The van der Waals surface area contributed by atoms with Crippen molar-refractivity contribution in [1.29, 1.82) is 0 Å². The van der Waals surface area contributed by atoms with Gasteiger partial charge < -0.3 is 5.32 Å². The van der Waals surface area contributed by atoms with Gasteiger partial charge in [-0.05, 0) is 25.7 Å². The van der Waals surface area contributed by atoms with Crippen LogP contribution in [-0.2, 0) is 4.79 Å². The second-order valence-corrected chi connectivity index (χ2v) is 5.50. The molecular formula is C10H18INO. The number of halogens is 1. The Bertz CT molecular complexity index is 168. The topological polar surface area (TPSA) is 29.1 Å². The summed E-state index contributed by atoms with van der Waals surface area (Å²) in [7, 11) is 0. The van der Waals surface area contributed by atoms with Crippen LogP contribution in [0.1, 0.15) is 39.0 Å². The molecule has 0 aromatic rings. The molecule has 1 amide bonds. The van der Waals surface area contributed by atoms with Crippen LogP contribution in [0.4, 0.5) is 0 Å². The SMILES string of the molecule is CCC[C@H](I)CCNC(=O)C1CC1. The van der Waals surface area contributed by atoms with Gasteiger partial charge in [0.2, 0.25) is 5.91 Å². The summed E-state index contributed by atoms with van der Waals surface area (Å²) in [6.45, 7) is 3.07. The van der Waals surface area contributed by atoms with Crippen molar-refractivity contribution in [2.75, 3.05) is 6.54 Å². The molecule has 2 nitrogen and oxygen atoms in total. The second kappa shape index (κ2) is 5.83. The van der Waals surface area contributed by atoms with Crippen LogP contribution in [0.15, 0.2) is 0 Å². The molecule has 1 rings (SSSR count). The fourth-order valence-electron chi connectivity index (χ4n) is 1.30. The minimum atomic E-state index is 0.278. The molecule has 0 heterocycles. The van der Waals surface area contributed by atoms with E-state index in [1.54, 1.807) is 0 Å². The van der Waals surface area contributed by atoms with Crippen molar-refractivity contribution < 1.29 is 4.79 Å². The zero-order valence-electron chi connectivity index (χ0n) is 8.18. The van der Waals surface area contributed by atoms with Gasteiger partial charge in [0.05, 0.1) is 0 Å². The van der Waals surface area contributed by atoms with Crippen molar-refractivity contribution in [3.63, 3.8) is 0 Å². The van der Waals surface area contributed by atoms with E-state index in [4.69, 9.17) is 0 Å². The Hall–Kier alpha value is 0.200. The van der Waals surface area contributed by atoms with Crippen LogP contribution in [0.2, 0.25) is 0 Å². The Kier molecular flexibility index (Phi) is 5.06. The zero-order valence-corrected chi connectivity index (χ0v) is 10.3. The van der Waals surface area contributed by atoms with E-state index in [1.165, 1.54) is 12.8 Å². The van der Waals surface area contributed by atoms with E-state index < -0.39 is 0 Å². The number of hydrogen-bond acceptors (Lipinski definition) is 1. The van der Waals surface area contributed by atoms with E-state index >= 15 is 0 Å². The molecule has 0 radical (unpaired) electrons. The summed E-state index contributed by atoms with van der Waals surface area (Å²) in [6, 6.07) is 0. The summed E-state index contributed by atoms with van der Waals surface area (Å²) < 4.78 is 0.724. The smallest absolute Gasteiger partial charge is 0.223 e. The Labute approximate surface area is 94.0 Å². The largest absolute Gasteiger partial charge is 0.356 e. The first kappa shape index (κ1) is 11.3. The average molecular weight is 295 g/mol. The predicted octanol–water partition coefficient (Wildman–Crippen LogP) is 2.51. The summed E-state index contributed by atoms with van der Waals surface area (Å²) in [5, 5.41) is 2.99. The highest BCUT2D eigenvalue weighted by Crippen LogP contribution is 2.28. The zero-order chi connectivity index (χ0) is 9.68. The fourth-order valence-corrected chi connectivity index (χ4v) is 2.23. The summed E-state index contributed by atoms with van der Waals surface area (Å²) in [5.41, 5.74) is 0. The van der Waals surface area contributed by atoms with Gasteiger partial charge in [-0.3, -0.25) is 4.79 Å². The third kappa shape index (κ3) is 4.84. The number of rotatable bonds is 6. The summed E-state index contributed by atoms with van der Waals surface area (Å²) in [5.74, 6) is 0.638. The van der Waals surface area contributed by atoms with Crippen molar-refractivity contribution >= 4 is 28.5 Å². The first-order chi connectivity index (χ1) is 6.24. The molecule has 1 aliphatic carbocycles. The van der Waals surface area contributed by atoms with Crippen LogP contribution in [-0.4, -0.2) is 16.4 Å². The number of carbonyl (C=O) groups is 1. The van der Waals surface area contributed by atoms with Gasteiger partial charge in [-0.2, -0.15) is 0 Å². The van der Waals surface area contributed by atoms with E-state index in [0.29, 0.717) is 5.92 Å². The summed E-state index contributed by atoms with van der Waals surface area (Å²) in [4.78, 5) is 11.2. The molecular weight excluding hydrogens is 277 g/mol. The standard InChI is InChI=1S/C10H18INO/c1-2-3-9(11)6-7-12-10(13)8-4-5-8/h8-9H,2-7H2,1H3,(H,12,13)/t9-/m0/s1. The molecule has 0 aliphatic heterocycles. The maximum atomic E-state index is 11.2. The van der Waals surface area contributed by atoms with E-state index in [1.807, 2.05) is 0 Å². The predicted molar refractivity (Wildman–Crippen MR) is 63.1 cm³/mol. The van der Waals surface area contributed by atoms with Gasteiger partial charge in [0.15, 0.2) is 0 Å². The van der Waals surface area contributed by atoms with E-state index in [9.17, 15) is 4.79 Å². The van der Waals surface area contributed by atoms with E-state index in [-0.39, 0.29) is 5.91 Å². The normalized spacial score (nSPS) is 18.3. The highest BCUT2D eigenvalue weighted by Gasteiger charge is 2.29. The molecule has 1 aliphatic rings. The Morgan fingerprint density at radius 1 is 1.54 bits per heavy atom. The van der Waals surface area contributed by atoms with Crippen LogP contribution >= 0.6 is 22.6 Å². The van der Waals surface area contributed by atoms with Gasteiger partial charge in [0.1, 0.15) is 0 Å². The number of hydrogen-bond donors (Lipinski definition) is 1. The number of carbonyl (C=O) groups excluding carboxylic acids is 1. The van der Waals surface area contributed by atoms with Crippen LogP contribution in [0.5, 0.6) is 0 Å². The van der Waals surface area contributed by atoms with Gasteiger partial charge in [-0.15, -0.1) is 0 Å². The third-order valence-corrected chi connectivity index (χ3v) is 3.55. The van der Waals surface area contributed by atoms with Gasteiger partial charge in [-0.1, -0.05) is 35.9 Å². The van der Waals surface area contributed by atoms with Gasteiger partial charge in [0, 0.05) is 16.4 Å². The van der Waals surface area contributed by atoms with Gasteiger partial charge >= 0.3 is 0 Å².